The highest BCUT2D eigenvalue weighted by Gasteiger charge is 2.37. The van der Waals surface area contributed by atoms with Crippen LogP contribution in [0.3, 0.4) is 0 Å². The summed E-state index contributed by atoms with van der Waals surface area (Å²) in [6.07, 6.45) is 6.60. The summed E-state index contributed by atoms with van der Waals surface area (Å²) in [6, 6.07) is -0.225. The van der Waals surface area contributed by atoms with Crippen LogP contribution in [-0.4, -0.2) is 73.7 Å². The van der Waals surface area contributed by atoms with E-state index in [9.17, 15) is 19.5 Å². The van der Waals surface area contributed by atoms with Gasteiger partial charge in [-0.25, -0.2) is 14.8 Å². The van der Waals surface area contributed by atoms with Crippen LogP contribution in [0, 0.1) is 5.92 Å². The Morgan fingerprint density at radius 1 is 1.14 bits per heavy atom. The van der Waals surface area contributed by atoms with Crippen molar-refractivity contribution < 1.29 is 24.2 Å². The van der Waals surface area contributed by atoms with Crippen molar-refractivity contribution in [2.75, 3.05) is 18.0 Å². The number of carboxylic acid groups (broad SMARTS) is 1. The topological polar surface area (TPSA) is 118 Å². The number of anilines is 1. The Kier molecular flexibility index (Phi) is 6.75. The van der Waals surface area contributed by atoms with E-state index in [-0.39, 0.29) is 24.2 Å². The van der Waals surface area contributed by atoms with Crippen molar-refractivity contribution in [2.24, 2.45) is 5.92 Å². The molecule has 0 spiro atoms. The largest absolute Gasteiger partial charge is 0.481 e. The fourth-order valence-electron chi connectivity index (χ4n) is 5.32. The summed E-state index contributed by atoms with van der Waals surface area (Å²) in [7, 11) is 0. The first kappa shape index (κ1) is 24.9. The second-order valence-corrected chi connectivity index (χ2v) is 10.8. The number of ether oxygens (including phenoxy) is 1. The summed E-state index contributed by atoms with van der Waals surface area (Å²) in [5, 5.41) is 10.2. The smallest absolute Gasteiger partial charge is 0.410 e. The summed E-state index contributed by atoms with van der Waals surface area (Å²) >= 11 is 0. The highest BCUT2D eigenvalue weighted by Crippen LogP contribution is 2.38. The van der Waals surface area contributed by atoms with E-state index in [0.717, 1.165) is 19.1 Å². The van der Waals surface area contributed by atoms with Gasteiger partial charge in [-0.2, -0.15) is 0 Å². The molecule has 10 nitrogen and oxygen atoms in total. The molecule has 1 amide bonds. The summed E-state index contributed by atoms with van der Waals surface area (Å²) in [6.45, 7) is 10.5. The van der Waals surface area contributed by atoms with Crippen molar-refractivity contribution in [2.45, 2.75) is 84.0 Å². The number of hydrogen-bond acceptors (Lipinski definition) is 7. The minimum Gasteiger partial charge on any atom is -0.481 e. The van der Waals surface area contributed by atoms with Gasteiger partial charge >= 0.3 is 12.1 Å². The molecule has 2 aromatic rings. The Bertz CT molecular complexity index is 1120. The zero-order valence-corrected chi connectivity index (χ0v) is 21.1. The van der Waals surface area contributed by atoms with Crippen LogP contribution in [0.15, 0.2) is 12.5 Å². The number of carboxylic acids is 1. The predicted molar refractivity (Wildman–Crippen MR) is 131 cm³/mol. The van der Waals surface area contributed by atoms with Gasteiger partial charge in [0.15, 0.2) is 6.29 Å². The van der Waals surface area contributed by atoms with E-state index in [4.69, 9.17) is 4.74 Å². The molecule has 4 rings (SSSR count). The van der Waals surface area contributed by atoms with Crippen LogP contribution in [0.2, 0.25) is 0 Å². The number of aromatic nitrogens is 3. The maximum Gasteiger partial charge on any atom is 0.410 e. The fourth-order valence-corrected chi connectivity index (χ4v) is 5.32. The molecule has 1 aliphatic carbocycles. The lowest BCUT2D eigenvalue weighted by atomic mass is 9.85. The van der Waals surface area contributed by atoms with Crippen molar-refractivity contribution in [3.8, 4) is 0 Å². The first-order valence-electron chi connectivity index (χ1n) is 12.3. The third kappa shape index (κ3) is 4.97. The molecular formula is C25H35N5O5. The van der Waals surface area contributed by atoms with Crippen LogP contribution in [0.25, 0.3) is 11.0 Å². The Morgan fingerprint density at radius 2 is 1.89 bits per heavy atom. The average molecular weight is 486 g/mol. The van der Waals surface area contributed by atoms with Gasteiger partial charge < -0.3 is 24.2 Å². The molecule has 1 N–H and O–H groups in total. The van der Waals surface area contributed by atoms with Gasteiger partial charge in [-0.3, -0.25) is 9.59 Å². The zero-order chi connectivity index (χ0) is 25.5. The van der Waals surface area contributed by atoms with Gasteiger partial charge in [-0.05, 0) is 53.9 Å². The van der Waals surface area contributed by atoms with Crippen LogP contribution in [0.1, 0.15) is 76.7 Å². The van der Waals surface area contributed by atoms with Crippen molar-refractivity contribution in [3.05, 3.63) is 18.1 Å². The maximum atomic E-state index is 12.7. The van der Waals surface area contributed by atoms with Crippen LogP contribution >= 0.6 is 0 Å². The standard InChI is InChI=1S/C25H35N5O5/c1-15-11-29(24(34)35-25(3,4)5)16(2)10-28(15)21-20-18(13-31)12-30(22(20)27-14-26-21)19-8-6-7-17(9-19)23(32)33/h12-17,19H,6-11H2,1-5H3,(H,32,33)/t15-,16+,17?,19?/m0/s1. The highest BCUT2D eigenvalue weighted by atomic mass is 16.6. The number of rotatable bonds is 4. The predicted octanol–water partition coefficient (Wildman–Crippen LogP) is 3.89. The van der Waals surface area contributed by atoms with Gasteiger partial charge in [0, 0.05) is 43.0 Å². The second kappa shape index (κ2) is 9.47. The molecule has 2 aliphatic rings. The van der Waals surface area contributed by atoms with E-state index in [1.165, 1.54) is 6.33 Å². The summed E-state index contributed by atoms with van der Waals surface area (Å²) in [4.78, 5) is 49.4. The normalized spacial score (nSPS) is 25.5. The van der Waals surface area contributed by atoms with E-state index in [1.807, 2.05) is 39.2 Å². The maximum absolute atomic E-state index is 12.7. The number of aldehydes is 1. The van der Waals surface area contributed by atoms with Gasteiger partial charge in [-0.15, -0.1) is 0 Å². The van der Waals surface area contributed by atoms with Crippen LogP contribution in [-0.2, 0) is 9.53 Å². The van der Waals surface area contributed by atoms with Crippen molar-refractivity contribution >= 4 is 35.2 Å². The Hall–Kier alpha value is -3.17. The molecule has 0 radical (unpaired) electrons. The molecule has 190 valence electrons. The van der Waals surface area contributed by atoms with Crippen LogP contribution in [0.5, 0.6) is 0 Å². The van der Waals surface area contributed by atoms with Crippen LogP contribution < -0.4 is 4.90 Å². The van der Waals surface area contributed by atoms with Gasteiger partial charge in [-0.1, -0.05) is 6.42 Å². The number of carbonyl (C=O) groups excluding carboxylic acids is 2. The average Bonchev–Trinajstić information content (AvgIpc) is 3.18. The van der Waals surface area contributed by atoms with Gasteiger partial charge in [0.1, 0.15) is 23.4 Å². The van der Waals surface area contributed by atoms with E-state index in [0.29, 0.717) is 48.3 Å². The molecule has 1 aliphatic heterocycles. The Morgan fingerprint density at radius 3 is 2.54 bits per heavy atom. The number of hydrogen-bond donors (Lipinski definition) is 1. The summed E-state index contributed by atoms with van der Waals surface area (Å²) < 4.78 is 7.55. The van der Waals surface area contributed by atoms with Crippen molar-refractivity contribution in [1.82, 2.24) is 19.4 Å². The monoisotopic (exact) mass is 485 g/mol. The van der Waals surface area contributed by atoms with Crippen molar-refractivity contribution in [3.63, 3.8) is 0 Å². The first-order chi connectivity index (χ1) is 16.5. The number of amides is 1. The van der Waals surface area contributed by atoms with E-state index >= 15 is 0 Å². The summed E-state index contributed by atoms with van der Waals surface area (Å²) in [5.74, 6) is -0.513. The molecule has 0 aromatic carbocycles. The lowest BCUT2D eigenvalue weighted by molar-refractivity contribution is -0.143. The number of fused-ring (bicyclic) bond motifs is 1. The van der Waals surface area contributed by atoms with Gasteiger partial charge in [0.05, 0.1) is 11.3 Å². The first-order valence-corrected chi connectivity index (χ1v) is 12.3. The quantitative estimate of drug-likeness (QED) is 0.648. The molecule has 10 heteroatoms. The minimum absolute atomic E-state index is 0.0378. The zero-order valence-electron chi connectivity index (χ0n) is 21.1. The van der Waals surface area contributed by atoms with Gasteiger partial charge in [0.2, 0.25) is 0 Å². The van der Waals surface area contributed by atoms with Crippen molar-refractivity contribution in [1.29, 1.82) is 0 Å². The number of piperazine rings is 1. The number of aliphatic carboxylic acids is 1. The molecule has 2 unspecified atom stereocenters. The number of carbonyl (C=O) groups is 3. The molecule has 1 saturated heterocycles. The SMILES string of the molecule is C[C@@H]1CN(c2ncnc3c2c(C=O)cn3C2CCCC(C(=O)O)C2)[C@@H](C)CN1C(=O)OC(C)(C)C. The lowest BCUT2D eigenvalue weighted by Crippen LogP contribution is -2.59. The highest BCUT2D eigenvalue weighted by molar-refractivity contribution is 6.02. The Labute approximate surface area is 205 Å². The third-order valence-corrected chi connectivity index (χ3v) is 7.02. The van der Waals surface area contributed by atoms with Gasteiger partial charge in [0.25, 0.3) is 0 Å². The minimum atomic E-state index is -0.775. The lowest BCUT2D eigenvalue weighted by Gasteiger charge is -2.44. The molecule has 4 atom stereocenters. The van der Waals surface area contributed by atoms with Crippen LogP contribution in [0.4, 0.5) is 10.6 Å². The molecule has 0 bridgehead atoms. The van der Waals surface area contributed by atoms with E-state index in [1.54, 1.807) is 11.1 Å². The fraction of sp³-hybridized carbons (Fsp3) is 0.640. The Balaban J connectivity index is 1.66. The molecule has 2 fully saturated rings. The third-order valence-electron chi connectivity index (χ3n) is 7.02. The molecule has 2 aromatic heterocycles. The van der Waals surface area contributed by atoms with E-state index in [2.05, 4.69) is 14.9 Å². The molecule has 35 heavy (non-hydrogen) atoms. The van der Waals surface area contributed by atoms with E-state index < -0.39 is 17.5 Å². The molecule has 1 saturated carbocycles. The summed E-state index contributed by atoms with van der Waals surface area (Å²) in [5.41, 5.74) is 0.557. The molecule has 3 heterocycles. The molecular weight excluding hydrogens is 450 g/mol. The second-order valence-electron chi connectivity index (χ2n) is 10.8. The number of nitrogens with zero attached hydrogens (tertiary/aromatic N) is 5.